The molecule has 0 aromatic carbocycles. The fourth-order valence-electron chi connectivity index (χ4n) is 1.39. The third kappa shape index (κ3) is 2.22. The van der Waals surface area contributed by atoms with Crippen molar-refractivity contribution in [2.75, 3.05) is 6.54 Å². The molecule has 0 atom stereocenters. The molecule has 0 spiro atoms. The maximum Gasteiger partial charge on any atom is 0.178 e. The third-order valence-electron chi connectivity index (χ3n) is 2.45. The Bertz CT molecular complexity index is 328. The minimum Gasteiger partial charge on any atom is -0.330 e. The van der Waals surface area contributed by atoms with Crippen LogP contribution in [0.4, 0.5) is 0 Å². The third-order valence-corrected chi connectivity index (χ3v) is 3.47. The number of carbonyl (C=O) groups excluding carboxylic acids is 1. The first-order valence-corrected chi connectivity index (χ1v) is 5.66. The molecule has 0 aliphatic rings. The number of hydrogen-bond donors (Lipinski definition) is 1. The molecule has 0 aliphatic heterocycles. The van der Waals surface area contributed by atoms with Gasteiger partial charge in [-0.25, -0.2) is 0 Å². The molecular weight excluding hydrogens is 194 g/mol. The van der Waals surface area contributed by atoms with Crippen LogP contribution in [0.3, 0.4) is 0 Å². The van der Waals surface area contributed by atoms with Crippen molar-refractivity contribution in [3.05, 3.63) is 21.9 Å². The first-order valence-electron chi connectivity index (χ1n) is 4.78. The molecule has 1 aromatic heterocycles. The second-order valence-corrected chi connectivity index (χ2v) is 5.10. The molecule has 0 fully saturated rings. The monoisotopic (exact) mass is 211 g/mol. The average molecular weight is 211 g/mol. The molecule has 0 radical (unpaired) electrons. The summed E-state index contributed by atoms with van der Waals surface area (Å²) < 4.78 is 0. The van der Waals surface area contributed by atoms with Crippen LogP contribution in [0.25, 0.3) is 0 Å². The zero-order chi connectivity index (χ0) is 10.8. The molecule has 0 bridgehead atoms. The maximum absolute atomic E-state index is 12.1. The van der Waals surface area contributed by atoms with Gasteiger partial charge in [0.1, 0.15) is 0 Å². The van der Waals surface area contributed by atoms with Gasteiger partial charge >= 0.3 is 0 Å². The summed E-state index contributed by atoms with van der Waals surface area (Å²) in [6, 6.07) is 1.98. The number of Topliss-reactive ketones (excluding diaryl/α,β-unsaturated/α-hetero) is 1. The van der Waals surface area contributed by atoms with E-state index in [0.29, 0.717) is 6.54 Å². The lowest BCUT2D eigenvalue weighted by molar-refractivity contribution is 0.0833. The summed E-state index contributed by atoms with van der Waals surface area (Å²) in [5.41, 5.74) is 6.24. The van der Waals surface area contributed by atoms with Gasteiger partial charge in [-0.1, -0.05) is 13.8 Å². The molecule has 0 amide bonds. The molecule has 14 heavy (non-hydrogen) atoms. The van der Waals surface area contributed by atoms with Crippen LogP contribution < -0.4 is 5.73 Å². The number of thiophene rings is 1. The van der Waals surface area contributed by atoms with Crippen LogP contribution in [0.15, 0.2) is 11.4 Å². The van der Waals surface area contributed by atoms with Crippen molar-refractivity contribution in [3.63, 3.8) is 0 Å². The van der Waals surface area contributed by atoms with E-state index in [0.717, 1.165) is 16.9 Å². The van der Waals surface area contributed by atoms with Crippen LogP contribution >= 0.6 is 11.3 Å². The summed E-state index contributed by atoms with van der Waals surface area (Å²) >= 11 is 1.52. The molecule has 2 N–H and O–H groups in total. The Morgan fingerprint density at radius 1 is 1.57 bits per heavy atom. The lowest BCUT2D eigenvalue weighted by atomic mass is 9.83. The smallest absolute Gasteiger partial charge is 0.178 e. The zero-order valence-electron chi connectivity index (χ0n) is 8.96. The molecular formula is C11H17NOS. The Balaban J connectivity index is 2.90. The Labute approximate surface area is 89.1 Å². The number of ketones is 1. The first-order chi connectivity index (χ1) is 6.49. The van der Waals surface area contributed by atoms with Crippen molar-refractivity contribution >= 4 is 17.1 Å². The molecule has 0 aliphatic carbocycles. The first kappa shape index (κ1) is 11.4. The molecule has 0 saturated carbocycles. The summed E-state index contributed by atoms with van der Waals surface area (Å²) in [5.74, 6) is 0.218. The number of hydrogen-bond acceptors (Lipinski definition) is 3. The zero-order valence-corrected chi connectivity index (χ0v) is 9.78. The van der Waals surface area contributed by atoms with E-state index in [1.165, 1.54) is 11.3 Å². The standard InChI is InChI=1S/C11H17NOS/c1-8-4-7-14-9(8)10(13)11(2,3)5-6-12/h4,7H,5-6,12H2,1-3H3. The Morgan fingerprint density at radius 2 is 2.21 bits per heavy atom. The van der Waals surface area contributed by atoms with Crippen molar-refractivity contribution in [2.24, 2.45) is 11.1 Å². The topological polar surface area (TPSA) is 43.1 Å². The summed E-state index contributed by atoms with van der Waals surface area (Å²) in [7, 11) is 0. The van der Waals surface area contributed by atoms with Gasteiger partial charge in [-0.3, -0.25) is 4.79 Å². The number of rotatable bonds is 4. The highest BCUT2D eigenvalue weighted by Gasteiger charge is 2.29. The quantitative estimate of drug-likeness (QED) is 0.778. The highest BCUT2D eigenvalue weighted by Crippen LogP contribution is 2.29. The largest absolute Gasteiger partial charge is 0.330 e. The number of aryl methyl sites for hydroxylation is 1. The lowest BCUT2D eigenvalue weighted by Crippen LogP contribution is -2.27. The van der Waals surface area contributed by atoms with E-state index in [-0.39, 0.29) is 11.2 Å². The van der Waals surface area contributed by atoms with E-state index in [1.54, 1.807) is 0 Å². The molecule has 0 saturated heterocycles. The van der Waals surface area contributed by atoms with Crippen LogP contribution in [0.2, 0.25) is 0 Å². The van der Waals surface area contributed by atoms with Crippen LogP contribution in [-0.4, -0.2) is 12.3 Å². The molecule has 3 heteroatoms. The van der Waals surface area contributed by atoms with Gasteiger partial charge in [0.2, 0.25) is 0 Å². The second kappa shape index (κ2) is 4.24. The fraction of sp³-hybridized carbons (Fsp3) is 0.545. The van der Waals surface area contributed by atoms with Crippen LogP contribution in [0.5, 0.6) is 0 Å². The molecule has 0 unspecified atom stereocenters. The van der Waals surface area contributed by atoms with Gasteiger partial charge < -0.3 is 5.73 Å². The minimum absolute atomic E-state index is 0.218. The van der Waals surface area contributed by atoms with Crippen LogP contribution in [0.1, 0.15) is 35.5 Å². The van der Waals surface area contributed by atoms with Gasteiger partial charge in [-0.15, -0.1) is 11.3 Å². The average Bonchev–Trinajstić information content (AvgIpc) is 2.50. The molecule has 1 rings (SSSR count). The van der Waals surface area contributed by atoms with Crippen molar-refractivity contribution in [2.45, 2.75) is 27.2 Å². The Kier molecular flexibility index (Phi) is 3.45. The van der Waals surface area contributed by atoms with Gasteiger partial charge in [0.25, 0.3) is 0 Å². The highest BCUT2D eigenvalue weighted by atomic mass is 32.1. The molecule has 78 valence electrons. The van der Waals surface area contributed by atoms with Crippen molar-refractivity contribution in [1.82, 2.24) is 0 Å². The Hall–Kier alpha value is -0.670. The second-order valence-electron chi connectivity index (χ2n) is 4.18. The minimum atomic E-state index is -0.329. The van der Waals surface area contributed by atoms with E-state index in [4.69, 9.17) is 5.73 Å². The van der Waals surface area contributed by atoms with Gasteiger partial charge in [-0.05, 0) is 36.9 Å². The van der Waals surface area contributed by atoms with Gasteiger partial charge in [0, 0.05) is 5.41 Å². The number of carbonyl (C=O) groups is 1. The predicted octanol–water partition coefficient (Wildman–Crippen LogP) is 2.61. The molecule has 2 nitrogen and oxygen atoms in total. The molecule has 1 heterocycles. The van der Waals surface area contributed by atoms with Crippen molar-refractivity contribution < 1.29 is 4.79 Å². The van der Waals surface area contributed by atoms with Crippen molar-refractivity contribution in [1.29, 1.82) is 0 Å². The van der Waals surface area contributed by atoms with Gasteiger partial charge in [-0.2, -0.15) is 0 Å². The summed E-state index contributed by atoms with van der Waals surface area (Å²) in [4.78, 5) is 13.0. The normalized spacial score (nSPS) is 11.7. The van der Waals surface area contributed by atoms with Crippen LogP contribution in [0, 0.1) is 12.3 Å². The van der Waals surface area contributed by atoms with Gasteiger partial charge in [0.05, 0.1) is 4.88 Å². The summed E-state index contributed by atoms with van der Waals surface area (Å²) in [6.07, 6.45) is 0.739. The van der Waals surface area contributed by atoms with Crippen LogP contribution in [-0.2, 0) is 0 Å². The molecule has 1 aromatic rings. The SMILES string of the molecule is Cc1ccsc1C(=O)C(C)(C)CCN. The fourth-order valence-corrected chi connectivity index (χ4v) is 2.43. The summed E-state index contributed by atoms with van der Waals surface area (Å²) in [6.45, 7) is 6.45. The highest BCUT2D eigenvalue weighted by molar-refractivity contribution is 7.12. The van der Waals surface area contributed by atoms with E-state index in [1.807, 2.05) is 32.2 Å². The van der Waals surface area contributed by atoms with E-state index >= 15 is 0 Å². The lowest BCUT2D eigenvalue weighted by Gasteiger charge is -2.21. The maximum atomic E-state index is 12.1. The summed E-state index contributed by atoms with van der Waals surface area (Å²) in [5, 5.41) is 1.96. The van der Waals surface area contributed by atoms with E-state index < -0.39 is 0 Å². The van der Waals surface area contributed by atoms with Crippen molar-refractivity contribution in [3.8, 4) is 0 Å². The Morgan fingerprint density at radius 3 is 2.64 bits per heavy atom. The van der Waals surface area contributed by atoms with E-state index in [9.17, 15) is 4.79 Å². The number of nitrogens with two attached hydrogens (primary N) is 1. The van der Waals surface area contributed by atoms with Gasteiger partial charge in [0.15, 0.2) is 5.78 Å². The van der Waals surface area contributed by atoms with E-state index in [2.05, 4.69) is 0 Å². The predicted molar refractivity (Wildman–Crippen MR) is 60.8 cm³/mol.